The maximum Gasteiger partial charge on any atom is 0.0722 e. The minimum atomic E-state index is 0.781. The molecule has 0 aromatic heterocycles. The van der Waals surface area contributed by atoms with Crippen molar-refractivity contribution in [3.63, 3.8) is 0 Å². The molecule has 1 saturated carbocycles. The maximum atomic E-state index is 5.57. The van der Waals surface area contributed by atoms with Crippen molar-refractivity contribution >= 4 is 15.9 Å². The van der Waals surface area contributed by atoms with E-state index in [9.17, 15) is 0 Å². The molecule has 3 heteroatoms. The van der Waals surface area contributed by atoms with Gasteiger partial charge in [0, 0.05) is 11.0 Å². The lowest BCUT2D eigenvalue weighted by molar-refractivity contribution is 0.110. The molecule has 0 radical (unpaired) electrons. The van der Waals surface area contributed by atoms with Gasteiger partial charge in [-0.15, -0.1) is 0 Å². The SMILES string of the molecule is Brc1cc2c(c(CNCC3CC3)c1)COCC2. The number of ether oxygens (including phenoxy) is 1. The van der Waals surface area contributed by atoms with E-state index in [0.717, 1.165) is 32.1 Å². The first-order valence-electron chi connectivity index (χ1n) is 6.41. The first-order valence-corrected chi connectivity index (χ1v) is 7.21. The monoisotopic (exact) mass is 295 g/mol. The smallest absolute Gasteiger partial charge is 0.0722 e. The van der Waals surface area contributed by atoms with Crippen molar-refractivity contribution in [2.45, 2.75) is 32.4 Å². The van der Waals surface area contributed by atoms with Crippen LogP contribution in [0.2, 0.25) is 0 Å². The summed E-state index contributed by atoms with van der Waals surface area (Å²) < 4.78 is 6.77. The summed E-state index contributed by atoms with van der Waals surface area (Å²) in [5.41, 5.74) is 4.26. The van der Waals surface area contributed by atoms with Gasteiger partial charge in [-0.25, -0.2) is 0 Å². The topological polar surface area (TPSA) is 21.3 Å². The van der Waals surface area contributed by atoms with Gasteiger partial charge in [-0.2, -0.15) is 0 Å². The Morgan fingerprint density at radius 2 is 2.24 bits per heavy atom. The van der Waals surface area contributed by atoms with Crippen molar-refractivity contribution in [1.82, 2.24) is 5.32 Å². The van der Waals surface area contributed by atoms with E-state index in [0.29, 0.717) is 0 Å². The van der Waals surface area contributed by atoms with Gasteiger partial charge in [0.05, 0.1) is 13.2 Å². The van der Waals surface area contributed by atoms with Gasteiger partial charge in [-0.1, -0.05) is 15.9 Å². The molecule has 1 N–H and O–H groups in total. The lowest BCUT2D eigenvalue weighted by Gasteiger charge is -2.20. The second-order valence-corrected chi connectivity index (χ2v) is 6.00. The van der Waals surface area contributed by atoms with E-state index in [2.05, 4.69) is 33.4 Å². The maximum absolute atomic E-state index is 5.57. The Morgan fingerprint density at radius 1 is 1.35 bits per heavy atom. The second kappa shape index (κ2) is 5.09. The molecule has 2 nitrogen and oxygen atoms in total. The van der Waals surface area contributed by atoms with Crippen LogP contribution >= 0.6 is 15.9 Å². The molecule has 1 aliphatic heterocycles. The highest BCUT2D eigenvalue weighted by atomic mass is 79.9. The highest BCUT2D eigenvalue weighted by molar-refractivity contribution is 9.10. The summed E-state index contributed by atoms with van der Waals surface area (Å²) in [7, 11) is 0. The number of rotatable bonds is 4. The fourth-order valence-corrected chi connectivity index (χ4v) is 2.96. The molecule has 0 saturated heterocycles. The van der Waals surface area contributed by atoms with E-state index in [4.69, 9.17) is 4.74 Å². The summed E-state index contributed by atoms with van der Waals surface area (Å²) in [4.78, 5) is 0. The number of hydrogen-bond donors (Lipinski definition) is 1. The van der Waals surface area contributed by atoms with Crippen LogP contribution in [0, 0.1) is 5.92 Å². The van der Waals surface area contributed by atoms with Crippen molar-refractivity contribution < 1.29 is 4.74 Å². The fraction of sp³-hybridized carbons (Fsp3) is 0.571. The molecule has 1 heterocycles. The first kappa shape index (κ1) is 11.7. The summed E-state index contributed by atoms with van der Waals surface area (Å²) in [6.45, 7) is 3.78. The predicted octanol–water partition coefficient (Wildman–Crippen LogP) is 3.02. The lowest BCUT2D eigenvalue weighted by Crippen LogP contribution is -2.20. The molecule has 0 spiro atoms. The summed E-state index contributed by atoms with van der Waals surface area (Å²) in [5.74, 6) is 0.939. The molecule has 17 heavy (non-hydrogen) atoms. The zero-order valence-corrected chi connectivity index (χ0v) is 11.6. The Balaban J connectivity index is 1.73. The lowest BCUT2D eigenvalue weighted by atomic mass is 9.98. The molecule has 3 rings (SSSR count). The quantitative estimate of drug-likeness (QED) is 0.922. The third-order valence-electron chi connectivity index (χ3n) is 3.61. The third-order valence-corrected chi connectivity index (χ3v) is 4.06. The van der Waals surface area contributed by atoms with Gasteiger partial charge in [-0.05, 0) is 60.5 Å². The van der Waals surface area contributed by atoms with Crippen LogP contribution in [0.4, 0.5) is 0 Å². The Kier molecular flexibility index (Phi) is 3.50. The second-order valence-electron chi connectivity index (χ2n) is 5.08. The highest BCUT2D eigenvalue weighted by Gasteiger charge is 2.21. The predicted molar refractivity (Wildman–Crippen MR) is 71.9 cm³/mol. The molecule has 0 atom stereocenters. The van der Waals surface area contributed by atoms with E-state index >= 15 is 0 Å². The fourth-order valence-electron chi connectivity index (χ4n) is 2.41. The van der Waals surface area contributed by atoms with Crippen LogP contribution in [0.15, 0.2) is 16.6 Å². The van der Waals surface area contributed by atoms with Gasteiger partial charge < -0.3 is 10.1 Å². The Morgan fingerprint density at radius 3 is 3.06 bits per heavy atom. The molecule has 1 fully saturated rings. The Labute approximate surface area is 111 Å². The normalized spacial score (nSPS) is 19.1. The molecule has 0 bridgehead atoms. The number of hydrogen-bond acceptors (Lipinski definition) is 2. The molecule has 0 amide bonds. The van der Waals surface area contributed by atoms with Crippen molar-refractivity contribution in [3.05, 3.63) is 33.3 Å². The van der Waals surface area contributed by atoms with E-state index < -0.39 is 0 Å². The summed E-state index contributed by atoms with van der Waals surface area (Å²) in [6, 6.07) is 4.47. The van der Waals surface area contributed by atoms with Crippen molar-refractivity contribution in [2.24, 2.45) is 5.92 Å². The van der Waals surface area contributed by atoms with Crippen LogP contribution in [0.1, 0.15) is 29.5 Å². The van der Waals surface area contributed by atoms with Crippen LogP contribution in [0.5, 0.6) is 0 Å². The van der Waals surface area contributed by atoms with E-state index in [-0.39, 0.29) is 0 Å². The summed E-state index contributed by atoms with van der Waals surface area (Å²) in [6.07, 6.45) is 3.86. The van der Waals surface area contributed by atoms with E-state index in [1.54, 1.807) is 0 Å². The van der Waals surface area contributed by atoms with Gasteiger partial charge in [0.2, 0.25) is 0 Å². The van der Waals surface area contributed by atoms with Crippen molar-refractivity contribution in [1.29, 1.82) is 0 Å². The van der Waals surface area contributed by atoms with E-state index in [1.165, 1.54) is 40.5 Å². The summed E-state index contributed by atoms with van der Waals surface area (Å²) in [5, 5.41) is 3.56. The molecule has 1 aromatic rings. The zero-order valence-electron chi connectivity index (χ0n) is 9.97. The van der Waals surface area contributed by atoms with Crippen LogP contribution in [-0.2, 0) is 24.3 Å². The minimum absolute atomic E-state index is 0.781. The van der Waals surface area contributed by atoms with Gasteiger partial charge in [0.15, 0.2) is 0 Å². The van der Waals surface area contributed by atoms with Crippen LogP contribution in [0.3, 0.4) is 0 Å². The minimum Gasteiger partial charge on any atom is -0.376 e. The molecular formula is C14H18BrNO. The van der Waals surface area contributed by atoms with Crippen LogP contribution < -0.4 is 5.32 Å². The first-order chi connectivity index (χ1) is 8.33. The Hall–Kier alpha value is -0.380. The molecule has 2 aliphatic rings. The number of halogens is 1. The van der Waals surface area contributed by atoms with Crippen LogP contribution in [0.25, 0.3) is 0 Å². The zero-order chi connectivity index (χ0) is 11.7. The molecule has 0 unspecified atom stereocenters. The average molecular weight is 296 g/mol. The van der Waals surface area contributed by atoms with Gasteiger partial charge in [0.1, 0.15) is 0 Å². The molecular weight excluding hydrogens is 278 g/mol. The standard InChI is InChI=1S/C14H18BrNO/c15-13-5-11-3-4-17-9-14(11)12(6-13)8-16-7-10-1-2-10/h5-6,10,16H,1-4,7-9H2. The van der Waals surface area contributed by atoms with E-state index in [1.807, 2.05) is 0 Å². The Bertz CT molecular complexity index is 415. The summed E-state index contributed by atoms with van der Waals surface area (Å²) >= 11 is 3.61. The number of fused-ring (bicyclic) bond motifs is 1. The average Bonchev–Trinajstić information content (AvgIpc) is 3.13. The van der Waals surface area contributed by atoms with Gasteiger partial charge in [0.25, 0.3) is 0 Å². The highest BCUT2D eigenvalue weighted by Crippen LogP contribution is 2.28. The number of benzene rings is 1. The molecule has 1 aromatic carbocycles. The number of nitrogens with one attached hydrogen (secondary N) is 1. The third kappa shape index (κ3) is 2.90. The largest absolute Gasteiger partial charge is 0.376 e. The van der Waals surface area contributed by atoms with Crippen molar-refractivity contribution in [3.8, 4) is 0 Å². The van der Waals surface area contributed by atoms with Gasteiger partial charge in [-0.3, -0.25) is 0 Å². The molecule has 92 valence electrons. The van der Waals surface area contributed by atoms with Gasteiger partial charge >= 0.3 is 0 Å². The van der Waals surface area contributed by atoms with Crippen LogP contribution in [-0.4, -0.2) is 13.2 Å². The molecule has 1 aliphatic carbocycles. The van der Waals surface area contributed by atoms with Crippen molar-refractivity contribution in [2.75, 3.05) is 13.2 Å².